The number of benzene rings is 2. The van der Waals surface area contributed by atoms with Gasteiger partial charge in [-0.3, -0.25) is 0 Å². The summed E-state index contributed by atoms with van der Waals surface area (Å²) in [4.78, 5) is 4.35. The molecule has 1 N–H and O–H groups in total. The molecular formula is C21H22N2O2. The fourth-order valence-electron chi connectivity index (χ4n) is 2.34. The molecule has 1 aromatic heterocycles. The Kier molecular flexibility index (Phi) is 5.65. The van der Waals surface area contributed by atoms with Crippen LogP contribution < -0.4 is 14.8 Å². The summed E-state index contributed by atoms with van der Waals surface area (Å²) in [5.41, 5.74) is 2.27. The van der Waals surface area contributed by atoms with Crippen LogP contribution in [-0.4, -0.2) is 12.0 Å². The highest BCUT2D eigenvalue weighted by Gasteiger charge is 2.04. The molecule has 0 spiro atoms. The zero-order chi connectivity index (χ0) is 17.5. The van der Waals surface area contributed by atoms with Crippen LogP contribution in [0.2, 0.25) is 0 Å². The first-order valence-corrected chi connectivity index (χ1v) is 8.32. The van der Waals surface area contributed by atoms with Crippen molar-refractivity contribution in [3.8, 4) is 17.4 Å². The molecule has 3 aromatic rings. The smallest absolute Gasteiger partial charge is 0.219 e. The zero-order valence-corrected chi connectivity index (χ0v) is 14.5. The van der Waals surface area contributed by atoms with Crippen LogP contribution in [0.1, 0.15) is 24.1 Å². The van der Waals surface area contributed by atoms with Gasteiger partial charge in [-0.25, -0.2) is 4.98 Å². The van der Waals surface area contributed by atoms with Crippen molar-refractivity contribution >= 4 is 0 Å². The maximum Gasteiger partial charge on any atom is 0.219 e. The van der Waals surface area contributed by atoms with E-state index in [1.807, 2.05) is 80.0 Å². The van der Waals surface area contributed by atoms with Gasteiger partial charge in [0.1, 0.15) is 18.1 Å². The van der Waals surface area contributed by atoms with Crippen molar-refractivity contribution in [1.29, 1.82) is 0 Å². The quantitative estimate of drug-likeness (QED) is 0.678. The molecule has 25 heavy (non-hydrogen) atoms. The molecule has 1 heterocycles. The molecule has 128 valence electrons. The van der Waals surface area contributed by atoms with E-state index in [1.165, 1.54) is 0 Å². The summed E-state index contributed by atoms with van der Waals surface area (Å²) in [6.45, 7) is 2.64. The van der Waals surface area contributed by atoms with Crippen molar-refractivity contribution in [2.45, 2.75) is 19.6 Å². The topological polar surface area (TPSA) is 43.4 Å². The summed E-state index contributed by atoms with van der Waals surface area (Å²) >= 11 is 0. The molecule has 0 amide bonds. The number of hydrogen-bond donors (Lipinski definition) is 1. The summed E-state index contributed by atoms with van der Waals surface area (Å²) in [5.74, 6) is 2.11. The third-order valence-electron chi connectivity index (χ3n) is 3.99. The maximum absolute atomic E-state index is 5.78. The van der Waals surface area contributed by atoms with Gasteiger partial charge < -0.3 is 14.8 Å². The van der Waals surface area contributed by atoms with Gasteiger partial charge in [0, 0.05) is 18.3 Å². The van der Waals surface area contributed by atoms with E-state index in [0.29, 0.717) is 12.5 Å². The number of rotatable bonds is 7. The lowest BCUT2D eigenvalue weighted by molar-refractivity contribution is 0.305. The van der Waals surface area contributed by atoms with Gasteiger partial charge in [0.15, 0.2) is 0 Å². The Labute approximate surface area is 148 Å². The third kappa shape index (κ3) is 4.81. The SMILES string of the molecule is CNC(C)c1ccc(Oc2ccc(OCc3ccccc3)cc2)nc1. The van der Waals surface area contributed by atoms with Crippen LogP contribution in [-0.2, 0) is 6.61 Å². The molecule has 1 atom stereocenters. The molecule has 0 aliphatic carbocycles. The lowest BCUT2D eigenvalue weighted by Crippen LogP contribution is -2.12. The summed E-state index contributed by atoms with van der Waals surface area (Å²) in [6, 6.07) is 21.8. The number of ether oxygens (including phenoxy) is 2. The average Bonchev–Trinajstić information content (AvgIpc) is 2.68. The molecule has 4 heteroatoms. The van der Waals surface area contributed by atoms with Crippen LogP contribution >= 0.6 is 0 Å². The van der Waals surface area contributed by atoms with E-state index in [2.05, 4.69) is 17.2 Å². The van der Waals surface area contributed by atoms with Crippen molar-refractivity contribution < 1.29 is 9.47 Å². The normalized spacial score (nSPS) is 11.8. The Morgan fingerprint density at radius 1 is 0.920 bits per heavy atom. The molecule has 0 fully saturated rings. The predicted molar refractivity (Wildman–Crippen MR) is 99.0 cm³/mol. The highest BCUT2D eigenvalue weighted by Crippen LogP contribution is 2.24. The average molecular weight is 334 g/mol. The molecule has 0 aliphatic heterocycles. The van der Waals surface area contributed by atoms with Crippen molar-refractivity contribution in [3.63, 3.8) is 0 Å². The van der Waals surface area contributed by atoms with E-state index in [1.54, 1.807) is 0 Å². The monoisotopic (exact) mass is 334 g/mol. The van der Waals surface area contributed by atoms with Crippen LogP contribution in [0.5, 0.6) is 17.4 Å². The van der Waals surface area contributed by atoms with Crippen molar-refractivity contribution in [3.05, 3.63) is 84.1 Å². The minimum Gasteiger partial charge on any atom is -0.489 e. The molecule has 0 bridgehead atoms. The number of hydrogen-bond acceptors (Lipinski definition) is 4. The number of nitrogens with one attached hydrogen (secondary N) is 1. The number of pyridine rings is 1. The Morgan fingerprint density at radius 2 is 1.64 bits per heavy atom. The van der Waals surface area contributed by atoms with Gasteiger partial charge in [-0.1, -0.05) is 36.4 Å². The molecule has 0 aliphatic rings. The molecule has 1 unspecified atom stereocenters. The van der Waals surface area contributed by atoms with Crippen molar-refractivity contribution in [2.75, 3.05) is 7.05 Å². The van der Waals surface area contributed by atoms with Crippen LogP contribution in [0, 0.1) is 0 Å². The molecule has 3 rings (SSSR count). The van der Waals surface area contributed by atoms with Gasteiger partial charge in [0.05, 0.1) is 0 Å². The molecule has 4 nitrogen and oxygen atoms in total. The van der Waals surface area contributed by atoms with Crippen LogP contribution in [0.15, 0.2) is 72.9 Å². The van der Waals surface area contributed by atoms with Gasteiger partial charge >= 0.3 is 0 Å². The Balaban J connectivity index is 1.57. The van der Waals surface area contributed by atoms with Crippen molar-refractivity contribution in [1.82, 2.24) is 10.3 Å². The van der Waals surface area contributed by atoms with Gasteiger partial charge in [-0.15, -0.1) is 0 Å². The van der Waals surface area contributed by atoms with E-state index in [0.717, 1.165) is 22.6 Å². The standard InChI is InChI=1S/C21H22N2O2/c1-16(22-2)18-8-13-21(23-14-18)25-20-11-9-19(10-12-20)24-15-17-6-4-3-5-7-17/h3-14,16,22H,15H2,1-2H3. The lowest BCUT2D eigenvalue weighted by Gasteiger charge is -2.11. The molecule has 0 saturated carbocycles. The fourth-order valence-corrected chi connectivity index (χ4v) is 2.34. The highest BCUT2D eigenvalue weighted by atomic mass is 16.5. The summed E-state index contributed by atoms with van der Waals surface area (Å²) < 4.78 is 11.6. The maximum atomic E-state index is 5.78. The highest BCUT2D eigenvalue weighted by molar-refractivity contribution is 5.34. The predicted octanol–water partition coefficient (Wildman–Crippen LogP) is 4.73. The molecule has 0 saturated heterocycles. The van der Waals surface area contributed by atoms with E-state index in [-0.39, 0.29) is 6.04 Å². The number of nitrogens with zero attached hydrogens (tertiary/aromatic N) is 1. The summed E-state index contributed by atoms with van der Waals surface area (Å²) in [5, 5.41) is 3.19. The minimum atomic E-state index is 0.266. The van der Waals surface area contributed by atoms with Crippen LogP contribution in [0.4, 0.5) is 0 Å². The van der Waals surface area contributed by atoms with Gasteiger partial charge in [0.25, 0.3) is 0 Å². The van der Waals surface area contributed by atoms with E-state index in [9.17, 15) is 0 Å². The number of aromatic nitrogens is 1. The second kappa shape index (κ2) is 8.31. The summed E-state index contributed by atoms with van der Waals surface area (Å²) in [6.07, 6.45) is 1.83. The second-order valence-electron chi connectivity index (χ2n) is 5.79. The second-order valence-corrected chi connectivity index (χ2v) is 5.79. The van der Waals surface area contributed by atoms with Crippen molar-refractivity contribution in [2.24, 2.45) is 0 Å². The molecular weight excluding hydrogens is 312 g/mol. The van der Waals surface area contributed by atoms with E-state index in [4.69, 9.17) is 9.47 Å². The van der Waals surface area contributed by atoms with E-state index >= 15 is 0 Å². The van der Waals surface area contributed by atoms with Crippen LogP contribution in [0.25, 0.3) is 0 Å². The van der Waals surface area contributed by atoms with Gasteiger partial charge in [-0.2, -0.15) is 0 Å². The summed E-state index contributed by atoms with van der Waals surface area (Å²) in [7, 11) is 1.93. The molecule has 0 radical (unpaired) electrons. The minimum absolute atomic E-state index is 0.266. The zero-order valence-electron chi connectivity index (χ0n) is 14.5. The van der Waals surface area contributed by atoms with Gasteiger partial charge in [-0.05, 0) is 49.4 Å². The fraction of sp³-hybridized carbons (Fsp3) is 0.190. The first-order chi connectivity index (χ1) is 12.2. The first-order valence-electron chi connectivity index (χ1n) is 8.32. The molecule has 2 aromatic carbocycles. The first kappa shape index (κ1) is 17.0. The Hall–Kier alpha value is -2.85. The largest absolute Gasteiger partial charge is 0.489 e. The lowest BCUT2D eigenvalue weighted by atomic mass is 10.1. The Bertz CT molecular complexity index is 771. The third-order valence-corrected chi connectivity index (χ3v) is 3.99. The van der Waals surface area contributed by atoms with Gasteiger partial charge in [0.2, 0.25) is 5.88 Å². The van der Waals surface area contributed by atoms with E-state index < -0.39 is 0 Å². The van der Waals surface area contributed by atoms with Crippen LogP contribution in [0.3, 0.4) is 0 Å². The Morgan fingerprint density at radius 3 is 2.28 bits per heavy atom.